The summed E-state index contributed by atoms with van der Waals surface area (Å²) < 4.78 is 6.44. The molecule has 3 aromatic rings. The van der Waals surface area contributed by atoms with Crippen LogP contribution in [0, 0.1) is 17.0 Å². The number of rotatable bonds is 6. The minimum absolute atomic E-state index is 0.205. The Bertz CT molecular complexity index is 967. The van der Waals surface area contributed by atoms with E-state index in [2.05, 4.69) is 20.4 Å². The first-order valence-electron chi connectivity index (χ1n) is 7.40. The fourth-order valence-corrected chi connectivity index (χ4v) is 2.95. The van der Waals surface area contributed by atoms with Gasteiger partial charge in [0.05, 0.1) is 12.8 Å². The Morgan fingerprint density at radius 2 is 2.27 bits per heavy atom. The van der Waals surface area contributed by atoms with Crippen molar-refractivity contribution in [3.63, 3.8) is 0 Å². The van der Waals surface area contributed by atoms with Crippen molar-refractivity contribution in [3.05, 3.63) is 45.6 Å². The van der Waals surface area contributed by atoms with Gasteiger partial charge in [0.15, 0.2) is 5.13 Å². The lowest BCUT2D eigenvalue weighted by Gasteiger charge is -2.07. The lowest BCUT2D eigenvalue weighted by Crippen LogP contribution is -2.19. The van der Waals surface area contributed by atoms with Crippen LogP contribution in [-0.4, -0.2) is 37.7 Å². The largest absolute Gasteiger partial charge is 0.496 e. The molecule has 2 heterocycles. The Balaban J connectivity index is 1.71. The van der Waals surface area contributed by atoms with Crippen LogP contribution >= 0.6 is 11.3 Å². The highest BCUT2D eigenvalue weighted by molar-refractivity contribution is 7.14. The molecule has 0 aliphatic rings. The predicted molar refractivity (Wildman–Crippen MR) is 94.1 cm³/mol. The van der Waals surface area contributed by atoms with E-state index in [1.165, 1.54) is 11.3 Å². The number of thiazole rings is 1. The van der Waals surface area contributed by atoms with Crippen LogP contribution < -0.4 is 10.1 Å². The zero-order chi connectivity index (χ0) is 18.7. The average Bonchev–Trinajstić information content (AvgIpc) is 3.24. The molecule has 11 heteroatoms. The van der Waals surface area contributed by atoms with Gasteiger partial charge in [-0.3, -0.25) is 4.79 Å². The third-order valence-corrected chi connectivity index (χ3v) is 4.13. The number of ether oxygens (including phenoxy) is 1. The van der Waals surface area contributed by atoms with E-state index in [1.54, 1.807) is 7.11 Å². The molecular weight excluding hydrogens is 360 g/mol. The third kappa shape index (κ3) is 3.83. The van der Waals surface area contributed by atoms with Gasteiger partial charge in [-0.2, -0.15) is 4.68 Å². The second-order valence-corrected chi connectivity index (χ2v) is 6.15. The van der Waals surface area contributed by atoms with Crippen LogP contribution in [0.5, 0.6) is 5.75 Å². The number of hydrogen-bond acceptors (Lipinski definition) is 8. The van der Waals surface area contributed by atoms with E-state index >= 15 is 0 Å². The number of carbonyl (C=O) groups is 1. The first-order chi connectivity index (χ1) is 12.5. The second-order valence-electron chi connectivity index (χ2n) is 5.29. The lowest BCUT2D eigenvalue weighted by atomic mass is 10.1. The molecule has 0 atom stereocenters. The highest BCUT2D eigenvalue weighted by atomic mass is 32.1. The van der Waals surface area contributed by atoms with Gasteiger partial charge in [0.25, 0.3) is 0 Å². The van der Waals surface area contributed by atoms with Gasteiger partial charge in [0.1, 0.15) is 12.3 Å². The van der Waals surface area contributed by atoms with E-state index in [4.69, 9.17) is 4.74 Å². The summed E-state index contributed by atoms with van der Waals surface area (Å²) in [7, 11) is 1.58. The third-order valence-electron chi connectivity index (χ3n) is 3.37. The van der Waals surface area contributed by atoms with Crippen molar-refractivity contribution in [3.8, 4) is 17.0 Å². The summed E-state index contributed by atoms with van der Waals surface area (Å²) >= 11 is 1.27. The highest BCUT2D eigenvalue weighted by Crippen LogP contribution is 2.32. The van der Waals surface area contributed by atoms with Gasteiger partial charge < -0.3 is 20.2 Å². The molecule has 134 valence electrons. The molecule has 2 aromatic heterocycles. The summed E-state index contributed by atoms with van der Waals surface area (Å²) in [6, 6.07) is 5.75. The smallest absolute Gasteiger partial charge is 0.490 e. The zero-order valence-electron chi connectivity index (χ0n) is 13.9. The SMILES string of the molecule is COc1ccc(C)cc1-c1csc(NC(=O)Cn2cnc([N+](=O)[O-])n2)n1. The molecule has 0 unspecified atom stereocenters. The molecule has 1 N–H and O–H groups in total. The number of amides is 1. The number of aryl methyl sites for hydroxylation is 1. The van der Waals surface area contributed by atoms with E-state index in [0.29, 0.717) is 16.6 Å². The van der Waals surface area contributed by atoms with Gasteiger partial charge in [-0.1, -0.05) is 16.6 Å². The Kier molecular flexibility index (Phi) is 4.89. The monoisotopic (exact) mass is 374 g/mol. The Labute approximate surface area is 151 Å². The lowest BCUT2D eigenvalue weighted by molar-refractivity contribution is -0.394. The van der Waals surface area contributed by atoms with Crippen LogP contribution in [0.3, 0.4) is 0 Å². The second kappa shape index (κ2) is 7.27. The van der Waals surface area contributed by atoms with E-state index in [-0.39, 0.29) is 6.54 Å². The normalized spacial score (nSPS) is 10.5. The fourth-order valence-electron chi connectivity index (χ4n) is 2.23. The average molecular weight is 374 g/mol. The maximum absolute atomic E-state index is 12.1. The molecule has 10 nitrogen and oxygen atoms in total. The van der Waals surface area contributed by atoms with Crippen LogP contribution in [0.25, 0.3) is 11.3 Å². The maximum atomic E-state index is 12.1. The minimum atomic E-state index is -0.725. The quantitative estimate of drug-likeness (QED) is 0.518. The molecule has 1 aromatic carbocycles. The molecular formula is C15H14N6O4S. The van der Waals surface area contributed by atoms with E-state index < -0.39 is 16.8 Å². The van der Waals surface area contributed by atoms with Gasteiger partial charge >= 0.3 is 5.95 Å². The van der Waals surface area contributed by atoms with E-state index in [0.717, 1.165) is 22.1 Å². The standard InChI is InChI=1S/C15H14N6O4S/c1-9-3-4-12(25-2)10(5-9)11-7-26-15(17-11)18-13(22)6-20-8-16-14(19-20)21(23)24/h3-5,7-8H,6H2,1-2H3,(H,17,18,22). The molecule has 0 radical (unpaired) electrons. The molecule has 0 fully saturated rings. The summed E-state index contributed by atoms with van der Waals surface area (Å²) in [5.41, 5.74) is 2.57. The van der Waals surface area contributed by atoms with Crippen LogP contribution in [-0.2, 0) is 11.3 Å². The number of nitrogens with one attached hydrogen (secondary N) is 1. The fraction of sp³-hybridized carbons (Fsp3) is 0.200. The van der Waals surface area contributed by atoms with E-state index in [9.17, 15) is 14.9 Å². The van der Waals surface area contributed by atoms with Crippen molar-refractivity contribution in [2.45, 2.75) is 13.5 Å². The van der Waals surface area contributed by atoms with Gasteiger partial charge in [0, 0.05) is 16.0 Å². The molecule has 0 spiro atoms. The van der Waals surface area contributed by atoms with Gasteiger partial charge in [-0.25, -0.2) is 4.98 Å². The van der Waals surface area contributed by atoms with Crippen LogP contribution in [0.2, 0.25) is 0 Å². The molecule has 0 aliphatic carbocycles. The summed E-state index contributed by atoms with van der Waals surface area (Å²) in [5, 5.41) is 19.0. The topological polar surface area (TPSA) is 125 Å². The van der Waals surface area contributed by atoms with Crippen molar-refractivity contribution in [2.24, 2.45) is 0 Å². The zero-order valence-corrected chi connectivity index (χ0v) is 14.7. The first-order valence-corrected chi connectivity index (χ1v) is 8.28. The maximum Gasteiger partial charge on any atom is 0.490 e. The number of methoxy groups -OCH3 is 1. The van der Waals surface area contributed by atoms with Crippen molar-refractivity contribution in [2.75, 3.05) is 12.4 Å². The molecule has 1 amide bonds. The molecule has 26 heavy (non-hydrogen) atoms. The number of anilines is 1. The number of nitro groups is 1. The van der Waals surface area contributed by atoms with Crippen molar-refractivity contribution >= 4 is 28.3 Å². The first kappa shape index (κ1) is 17.5. The summed E-state index contributed by atoms with van der Waals surface area (Å²) in [6.45, 7) is 1.76. The molecule has 3 rings (SSSR count). The number of hydrogen-bond donors (Lipinski definition) is 1. The van der Waals surface area contributed by atoms with Gasteiger partial charge in [-0.05, 0) is 24.0 Å². The summed E-state index contributed by atoms with van der Waals surface area (Å²) in [4.78, 5) is 29.8. The molecule has 0 saturated carbocycles. The Morgan fingerprint density at radius 3 is 2.96 bits per heavy atom. The molecule has 0 aliphatic heterocycles. The van der Waals surface area contributed by atoms with Gasteiger partial charge in [0.2, 0.25) is 12.2 Å². The van der Waals surface area contributed by atoms with Crippen LogP contribution in [0.4, 0.5) is 11.1 Å². The van der Waals surface area contributed by atoms with Crippen molar-refractivity contribution in [1.82, 2.24) is 19.7 Å². The molecule has 0 saturated heterocycles. The molecule has 0 bridgehead atoms. The van der Waals surface area contributed by atoms with Crippen molar-refractivity contribution < 1.29 is 14.5 Å². The number of carbonyl (C=O) groups excluding carboxylic acids is 1. The minimum Gasteiger partial charge on any atom is -0.496 e. The number of aromatic nitrogens is 4. The summed E-state index contributed by atoms with van der Waals surface area (Å²) in [5.74, 6) is -0.281. The van der Waals surface area contributed by atoms with Gasteiger partial charge in [-0.15, -0.1) is 11.3 Å². The number of nitrogens with zero attached hydrogens (tertiary/aromatic N) is 5. The van der Waals surface area contributed by atoms with Crippen LogP contribution in [0.15, 0.2) is 29.9 Å². The van der Waals surface area contributed by atoms with E-state index in [1.807, 2.05) is 30.5 Å². The predicted octanol–water partition coefficient (Wildman–Crippen LogP) is 2.27. The Morgan fingerprint density at radius 1 is 1.46 bits per heavy atom. The Hall–Kier alpha value is -3.34. The van der Waals surface area contributed by atoms with Crippen LogP contribution in [0.1, 0.15) is 5.56 Å². The highest BCUT2D eigenvalue weighted by Gasteiger charge is 2.16. The van der Waals surface area contributed by atoms with Crippen molar-refractivity contribution in [1.29, 1.82) is 0 Å². The number of benzene rings is 1. The summed E-state index contributed by atoms with van der Waals surface area (Å²) in [6.07, 6.45) is 1.13.